The van der Waals surface area contributed by atoms with Crippen LogP contribution in [-0.4, -0.2) is 96.3 Å². The average Bonchev–Trinajstić information content (AvgIpc) is 3.75. The molecule has 1 unspecified atom stereocenters. The first-order valence-corrected chi connectivity index (χ1v) is 23.1. The van der Waals surface area contributed by atoms with Crippen LogP contribution >= 0.6 is 34.2 Å². The first kappa shape index (κ1) is 41.6. The van der Waals surface area contributed by atoms with E-state index in [0.717, 1.165) is 125 Å². The minimum Gasteiger partial charge on any atom is -0.476 e. The van der Waals surface area contributed by atoms with Crippen LogP contribution < -0.4 is 10.2 Å². The monoisotopic (exact) mass is 946 g/mol. The van der Waals surface area contributed by atoms with Crippen LogP contribution in [0.3, 0.4) is 0 Å². The molecule has 13 nitrogen and oxygen atoms in total. The number of halogens is 1. The van der Waals surface area contributed by atoms with Gasteiger partial charge in [0.25, 0.3) is 0 Å². The Morgan fingerprint density at radius 2 is 1.77 bits per heavy atom. The minimum absolute atomic E-state index is 0.00569. The number of benzene rings is 1. The van der Waals surface area contributed by atoms with Gasteiger partial charge in [0.1, 0.15) is 12.4 Å². The molecule has 318 valence electrons. The summed E-state index contributed by atoms with van der Waals surface area (Å²) >= 11 is 4.13. The Morgan fingerprint density at radius 3 is 2.52 bits per heavy atom. The number of fused-ring (bicyclic) bond motifs is 2. The normalized spacial score (nSPS) is 26.7. The van der Waals surface area contributed by atoms with Crippen LogP contribution in [-0.2, 0) is 22.4 Å². The third kappa shape index (κ3) is 7.93. The van der Waals surface area contributed by atoms with Gasteiger partial charge in [-0.15, -0.1) is 10.2 Å². The molecule has 10 rings (SSSR count). The molecule has 0 amide bonds. The number of carbonyl (C=O) groups is 1. The van der Waals surface area contributed by atoms with Crippen LogP contribution in [0, 0.1) is 30.1 Å². The largest absolute Gasteiger partial charge is 0.476 e. The summed E-state index contributed by atoms with van der Waals surface area (Å²) in [6, 6.07) is 11.9. The molecule has 15 heteroatoms. The topological polar surface area (TPSA) is 140 Å². The lowest BCUT2D eigenvalue weighted by molar-refractivity contribution is -0.732. The Labute approximate surface area is 370 Å². The number of quaternary nitrogens is 1. The van der Waals surface area contributed by atoms with Crippen molar-refractivity contribution in [1.29, 1.82) is 0 Å². The Morgan fingerprint density at radius 1 is 0.983 bits per heavy atom. The second-order valence-corrected chi connectivity index (χ2v) is 22.6. The molecule has 1 aliphatic heterocycles. The molecule has 4 fully saturated rings. The smallest absolute Gasteiger partial charge is 0.355 e. The van der Waals surface area contributed by atoms with E-state index in [1.807, 2.05) is 41.4 Å². The van der Waals surface area contributed by atoms with E-state index in [1.165, 1.54) is 6.42 Å². The molecular formula is C45H57IN9O4S+. The molecular weight excluding hydrogens is 890 g/mol. The van der Waals surface area contributed by atoms with Crippen molar-refractivity contribution in [1.82, 2.24) is 29.9 Å². The molecule has 0 spiro atoms. The van der Waals surface area contributed by atoms with Gasteiger partial charge in [0.05, 0.1) is 48.8 Å². The summed E-state index contributed by atoms with van der Waals surface area (Å²) in [6.07, 6.45) is 11.4. The number of ether oxygens (including phenoxy) is 2. The number of hydrogen-bond donors (Lipinski definition) is 2. The van der Waals surface area contributed by atoms with Crippen LogP contribution in [0.4, 0.5) is 22.6 Å². The van der Waals surface area contributed by atoms with Gasteiger partial charge in [0.2, 0.25) is 22.9 Å². The van der Waals surface area contributed by atoms with Gasteiger partial charge in [0.15, 0.2) is 22.5 Å². The van der Waals surface area contributed by atoms with E-state index in [9.17, 15) is 9.90 Å². The zero-order valence-corrected chi connectivity index (χ0v) is 38.7. The van der Waals surface area contributed by atoms with Crippen LogP contribution in [0.5, 0.6) is 0 Å². The first-order valence-electron chi connectivity index (χ1n) is 21.3. The Balaban J connectivity index is 0.949. The summed E-state index contributed by atoms with van der Waals surface area (Å²) in [4.78, 5) is 24.5. The van der Waals surface area contributed by atoms with Gasteiger partial charge in [0, 0.05) is 54.6 Å². The number of anilines is 4. The van der Waals surface area contributed by atoms with Gasteiger partial charge in [-0.1, -0.05) is 37.3 Å². The lowest BCUT2D eigenvalue weighted by atomic mass is 9.39. The number of aromatic carboxylic acids is 1. The number of para-hydroxylation sites is 1. The maximum atomic E-state index is 13.0. The number of pyridine rings is 1. The Hall–Kier alpha value is -3.77. The molecule has 60 heavy (non-hydrogen) atoms. The third-order valence-corrected chi connectivity index (χ3v) is 15.7. The van der Waals surface area contributed by atoms with Crippen LogP contribution in [0.25, 0.3) is 21.3 Å². The number of methoxy groups -OCH3 is 1. The number of aromatic nitrogens is 6. The molecule has 4 aliphatic carbocycles. The molecule has 5 heterocycles. The highest BCUT2D eigenvalue weighted by Gasteiger charge is 2.66. The number of nitrogens with zero attached hydrogens (tertiary/aromatic N) is 8. The molecule has 0 radical (unpaired) electrons. The van der Waals surface area contributed by atoms with E-state index < -0.39 is 5.97 Å². The first-order chi connectivity index (χ1) is 28.6. The second kappa shape index (κ2) is 15.5. The molecule has 5 aromatic rings. The van der Waals surface area contributed by atoms with E-state index >= 15 is 0 Å². The zero-order chi connectivity index (χ0) is 42.1. The van der Waals surface area contributed by atoms with Crippen LogP contribution in [0.2, 0.25) is 0 Å². The number of thiazole rings is 1. The van der Waals surface area contributed by atoms with Gasteiger partial charge in [-0.2, -0.15) is 5.10 Å². The highest BCUT2D eigenvalue weighted by Crippen LogP contribution is 2.72. The van der Waals surface area contributed by atoms with Crippen molar-refractivity contribution in [2.24, 2.45) is 16.2 Å². The summed E-state index contributed by atoms with van der Waals surface area (Å²) in [5.41, 5.74) is 5.69. The maximum absolute atomic E-state index is 13.0. The van der Waals surface area contributed by atoms with Crippen molar-refractivity contribution < 1.29 is 22.1 Å². The van der Waals surface area contributed by atoms with E-state index in [2.05, 4.69) is 83.9 Å². The highest BCUT2D eigenvalue weighted by molar-refractivity contribution is 14.1. The Kier molecular flexibility index (Phi) is 10.8. The summed E-state index contributed by atoms with van der Waals surface area (Å²) in [7, 11) is 4.05. The lowest BCUT2D eigenvalue weighted by Crippen LogP contribution is -2.64. The molecule has 5 atom stereocenters. The molecule has 4 aromatic heterocycles. The predicted octanol–water partition coefficient (Wildman–Crippen LogP) is 9.46. The van der Waals surface area contributed by atoms with Crippen molar-refractivity contribution in [3.8, 4) is 11.1 Å². The average molecular weight is 947 g/mol. The van der Waals surface area contributed by atoms with E-state index in [-0.39, 0.29) is 27.5 Å². The zero-order valence-electron chi connectivity index (χ0n) is 35.7. The van der Waals surface area contributed by atoms with Gasteiger partial charge < -0.3 is 24.8 Å². The van der Waals surface area contributed by atoms with Gasteiger partial charge in [-0.25, -0.2) is 14.8 Å². The standard InChI is InChI=1S/C45H56IN9O4S/c1-29-31-11-9-16-53(39(31)52-51-38(29)50-41-48-34-12-7-8-13-35(34)60-41)36-15-14-32(37(49-36)40(56)57)33-21-47-54(30(33)2)28-44-23-42(3)22-43(4,24-44)26-45(25-42,27-44)59-20-18-55(5,46)17-10-19-58-6/h7-8,12-15,21H,9-11,16-20,22-28H2,1-6H3,(H-,48,50,51,56,57)/p+1/t42-,43+,44+,45-,55?. The summed E-state index contributed by atoms with van der Waals surface area (Å²) in [6.45, 7) is 14.1. The number of rotatable bonds is 15. The van der Waals surface area contributed by atoms with E-state index in [1.54, 1.807) is 18.4 Å². The predicted molar refractivity (Wildman–Crippen MR) is 244 cm³/mol. The second-order valence-electron chi connectivity index (χ2n) is 19.3. The number of likely N-dealkylation sites (N-methyl/N-ethyl adjacent to an activating group) is 1. The summed E-state index contributed by atoms with van der Waals surface area (Å²) in [5.74, 6) is 0.844. The molecule has 5 aliphatic rings. The fraction of sp³-hybridized carbons (Fsp3) is 0.556. The quantitative estimate of drug-likeness (QED) is 0.0590. The fourth-order valence-corrected chi connectivity index (χ4v) is 13.8. The van der Waals surface area contributed by atoms with Crippen LogP contribution in [0.15, 0.2) is 42.6 Å². The lowest BCUT2D eigenvalue weighted by Gasteiger charge is -2.69. The SMILES string of the molecule is COCCC[N+](C)(I)CCO[C@]12C[C@@]3(C)C[C@](C)(C[C@](Cn4ncc(-c5ccc(N6CCCc7c6nnc(Nc6nc8ccccc8s6)c7C)nc5C(=O)O)c4C)(C3)C1)C2. The van der Waals surface area contributed by atoms with Crippen LogP contribution in [0.1, 0.15) is 92.5 Å². The summed E-state index contributed by atoms with van der Waals surface area (Å²) < 4.78 is 16.5. The molecule has 4 saturated carbocycles. The van der Waals surface area contributed by atoms with Crippen molar-refractivity contribution in [3.63, 3.8) is 0 Å². The van der Waals surface area contributed by atoms with Crippen molar-refractivity contribution in [3.05, 3.63) is 65.1 Å². The van der Waals surface area contributed by atoms with Crippen molar-refractivity contribution in [2.75, 3.05) is 57.2 Å². The van der Waals surface area contributed by atoms with Crippen molar-refractivity contribution >= 4 is 73.0 Å². The van der Waals surface area contributed by atoms with Gasteiger partial charge >= 0.3 is 5.97 Å². The number of carboxylic acids is 1. The minimum atomic E-state index is -1.07. The van der Waals surface area contributed by atoms with Gasteiger partial charge in [-0.05, 0) is 106 Å². The van der Waals surface area contributed by atoms with E-state index in [0.29, 0.717) is 29.6 Å². The van der Waals surface area contributed by atoms with Crippen molar-refractivity contribution in [2.45, 2.75) is 97.6 Å². The third-order valence-electron chi connectivity index (χ3n) is 13.7. The number of hydrogen-bond acceptors (Lipinski definition) is 11. The number of nitrogens with one attached hydrogen (secondary N) is 1. The maximum Gasteiger partial charge on any atom is 0.355 e. The molecule has 0 saturated heterocycles. The summed E-state index contributed by atoms with van der Waals surface area (Å²) in [5, 5.41) is 29.0. The number of carboxylic acid groups (broad SMARTS) is 1. The fourth-order valence-electron chi connectivity index (χ4n) is 12.4. The highest BCUT2D eigenvalue weighted by atomic mass is 127. The van der Waals surface area contributed by atoms with E-state index in [4.69, 9.17) is 24.5 Å². The molecule has 4 bridgehead atoms. The molecule has 1 aromatic carbocycles. The molecule has 2 N–H and O–H groups in total. The van der Waals surface area contributed by atoms with Gasteiger partial charge in [-0.3, -0.25) is 7.38 Å². The Bertz CT molecular complexity index is 2400.